The van der Waals surface area contributed by atoms with Crippen molar-refractivity contribution < 1.29 is 13.2 Å². The zero-order valence-corrected chi connectivity index (χ0v) is 9.43. The zero-order valence-electron chi connectivity index (χ0n) is 9.43. The van der Waals surface area contributed by atoms with Crippen molar-refractivity contribution in [3.8, 4) is 0 Å². The zero-order chi connectivity index (χ0) is 12.2. The Bertz CT molecular complexity index is 316. The van der Waals surface area contributed by atoms with Gasteiger partial charge in [0.2, 0.25) is 0 Å². The van der Waals surface area contributed by atoms with E-state index in [9.17, 15) is 13.2 Å². The van der Waals surface area contributed by atoms with Crippen LogP contribution in [0.2, 0.25) is 0 Å². The minimum atomic E-state index is -4.25. The topological polar surface area (TPSA) is 12.0 Å². The molecule has 0 fully saturated rings. The predicted octanol–water partition coefficient (Wildman–Crippen LogP) is 3.46. The third-order valence-electron chi connectivity index (χ3n) is 2.46. The van der Waals surface area contributed by atoms with Crippen LogP contribution < -0.4 is 5.32 Å². The van der Waals surface area contributed by atoms with Gasteiger partial charge in [0.05, 0.1) is 0 Å². The highest BCUT2D eigenvalue weighted by molar-refractivity contribution is 5.26. The molecule has 1 nitrogen and oxygen atoms in total. The molecule has 90 valence electrons. The predicted molar refractivity (Wildman–Crippen MR) is 58.3 cm³/mol. The van der Waals surface area contributed by atoms with Gasteiger partial charge in [0.25, 0.3) is 0 Å². The van der Waals surface area contributed by atoms with E-state index >= 15 is 0 Å². The van der Waals surface area contributed by atoms with Crippen LogP contribution in [0, 0.1) is 0 Å². The first kappa shape index (κ1) is 13.0. The van der Waals surface area contributed by atoms with Crippen molar-refractivity contribution in [2.75, 3.05) is 6.54 Å². The van der Waals surface area contributed by atoms with Gasteiger partial charge in [-0.05, 0) is 24.1 Å². The van der Waals surface area contributed by atoms with Crippen LogP contribution in [-0.2, 0) is 6.42 Å². The molecular weight excluding hydrogens is 215 g/mol. The standard InChI is InChI=1S/C12H16F3N/c1-3-9-5-7-10(8-6-9)11(16-4-2)12(13,14)15/h5-8,11,16H,3-4H2,1-2H3. The maximum atomic E-state index is 12.7. The molecule has 0 spiro atoms. The summed E-state index contributed by atoms with van der Waals surface area (Å²) in [5.41, 5.74) is 1.31. The molecule has 1 aromatic carbocycles. The number of nitrogens with one attached hydrogen (secondary N) is 1. The summed E-state index contributed by atoms with van der Waals surface area (Å²) >= 11 is 0. The van der Waals surface area contributed by atoms with E-state index in [4.69, 9.17) is 0 Å². The third-order valence-corrected chi connectivity index (χ3v) is 2.46. The average Bonchev–Trinajstić information content (AvgIpc) is 2.25. The van der Waals surface area contributed by atoms with Crippen LogP contribution in [0.4, 0.5) is 13.2 Å². The van der Waals surface area contributed by atoms with Gasteiger partial charge in [0.15, 0.2) is 0 Å². The maximum absolute atomic E-state index is 12.7. The van der Waals surface area contributed by atoms with Gasteiger partial charge >= 0.3 is 6.18 Å². The first-order valence-electron chi connectivity index (χ1n) is 5.38. The summed E-state index contributed by atoms with van der Waals surface area (Å²) in [6, 6.07) is 5.00. The van der Waals surface area contributed by atoms with E-state index in [1.54, 1.807) is 31.2 Å². The van der Waals surface area contributed by atoms with E-state index in [1.807, 2.05) is 6.92 Å². The van der Waals surface area contributed by atoms with Crippen molar-refractivity contribution >= 4 is 0 Å². The molecule has 1 rings (SSSR count). The molecule has 0 aliphatic carbocycles. The molecule has 0 saturated carbocycles. The second-order valence-corrected chi connectivity index (χ2v) is 3.63. The van der Waals surface area contributed by atoms with Crippen LogP contribution in [-0.4, -0.2) is 12.7 Å². The Hall–Kier alpha value is -1.03. The maximum Gasteiger partial charge on any atom is 0.407 e. The van der Waals surface area contributed by atoms with Crippen molar-refractivity contribution in [2.24, 2.45) is 0 Å². The Labute approximate surface area is 93.7 Å². The van der Waals surface area contributed by atoms with Gasteiger partial charge in [0, 0.05) is 0 Å². The molecule has 1 unspecified atom stereocenters. The lowest BCUT2D eigenvalue weighted by Gasteiger charge is -2.21. The minimum Gasteiger partial charge on any atom is -0.303 e. The number of alkyl halides is 3. The van der Waals surface area contributed by atoms with Crippen molar-refractivity contribution in [1.82, 2.24) is 5.32 Å². The fourth-order valence-electron chi connectivity index (χ4n) is 1.57. The van der Waals surface area contributed by atoms with Crippen LogP contribution in [0.15, 0.2) is 24.3 Å². The second-order valence-electron chi connectivity index (χ2n) is 3.63. The van der Waals surface area contributed by atoms with Gasteiger partial charge in [-0.2, -0.15) is 13.2 Å². The molecule has 0 bridgehead atoms. The summed E-state index contributed by atoms with van der Waals surface area (Å²) < 4.78 is 38.1. The lowest BCUT2D eigenvalue weighted by atomic mass is 10.0. The number of aryl methyl sites for hydroxylation is 1. The summed E-state index contributed by atoms with van der Waals surface area (Å²) in [5.74, 6) is 0. The number of hydrogen-bond donors (Lipinski definition) is 1. The Morgan fingerprint density at radius 3 is 2.06 bits per heavy atom. The van der Waals surface area contributed by atoms with Crippen molar-refractivity contribution in [3.63, 3.8) is 0 Å². The van der Waals surface area contributed by atoms with Crippen LogP contribution in [0.5, 0.6) is 0 Å². The van der Waals surface area contributed by atoms with E-state index in [-0.39, 0.29) is 5.56 Å². The van der Waals surface area contributed by atoms with E-state index in [0.717, 1.165) is 12.0 Å². The largest absolute Gasteiger partial charge is 0.407 e. The normalized spacial score (nSPS) is 13.8. The molecule has 0 aliphatic rings. The smallest absolute Gasteiger partial charge is 0.303 e. The quantitative estimate of drug-likeness (QED) is 0.836. The molecule has 16 heavy (non-hydrogen) atoms. The highest BCUT2D eigenvalue weighted by Crippen LogP contribution is 2.32. The molecule has 1 aromatic rings. The van der Waals surface area contributed by atoms with Gasteiger partial charge in [-0.25, -0.2) is 0 Å². The number of benzene rings is 1. The lowest BCUT2D eigenvalue weighted by molar-refractivity contribution is -0.157. The number of hydrogen-bond acceptors (Lipinski definition) is 1. The molecule has 1 N–H and O–H groups in total. The van der Waals surface area contributed by atoms with Gasteiger partial charge in [0.1, 0.15) is 6.04 Å². The molecule has 0 aliphatic heterocycles. The van der Waals surface area contributed by atoms with Gasteiger partial charge in [-0.15, -0.1) is 0 Å². The Morgan fingerprint density at radius 1 is 1.12 bits per heavy atom. The molecule has 4 heteroatoms. The van der Waals surface area contributed by atoms with Gasteiger partial charge in [-0.1, -0.05) is 38.1 Å². The average molecular weight is 231 g/mol. The molecule has 0 heterocycles. The second kappa shape index (κ2) is 5.34. The summed E-state index contributed by atoms with van der Waals surface area (Å²) in [7, 11) is 0. The molecule has 0 radical (unpaired) electrons. The fraction of sp³-hybridized carbons (Fsp3) is 0.500. The summed E-state index contributed by atoms with van der Waals surface area (Å²) in [4.78, 5) is 0. The van der Waals surface area contributed by atoms with Crippen molar-refractivity contribution in [3.05, 3.63) is 35.4 Å². The lowest BCUT2D eigenvalue weighted by Crippen LogP contribution is -2.33. The highest BCUT2D eigenvalue weighted by atomic mass is 19.4. The van der Waals surface area contributed by atoms with Gasteiger partial charge in [-0.3, -0.25) is 0 Å². The molecular formula is C12H16F3N. The van der Waals surface area contributed by atoms with Crippen molar-refractivity contribution in [1.29, 1.82) is 0 Å². The van der Waals surface area contributed by atoms with E-state index in [1.165, 1.54) is 0 Å². The number of rotatable bonds is 4. The molecule has 0 amide bonds. The minimum absolute atomic E-state index is 0.270. The van der Waals surface area contributed by atoms with E-state index in [2.05, 4.69) is 5.32 Å². The van der Waals surface area contributed by atoms with Crippen LogP contribution in [0.1, 0.15) is 31.0 Å². The Morgan fingerprint density at radius 2 is 1.69 bits per heavy atom. The fourth-order valence-corrected chi connectivity index (χ4v) is 1.57. The first-order chi connectivity index (χ1) is 7.49. The summed E-state index contributed by atoms with van der Waals surface area (Å²) in [6.45, 7) is 3.93. The highest BCUT2D eigenvalue weighted by Gasteiger charge is 2.39. The first-order valence-corrected chi connectivity index (χ1v) is 5.38. The van der Waals surface area contributed by atoms with Crippen LogP contribution in [0.25, 0.3) is 0 Å². The van der Waals surface area contributed by atoms with E-state index in [0.29, 0.717) is 6.54 Å². The molecule has 1 atom stereocenters. The SMILES string of the molecule is CCNC(c1ccc(CC)cc1)C(F)(F)F. The van der Waals surface area contributed by atoms with Gasteiger partial charge < -0.3 is 5.32 Å². The van der Waals surface area contributed by atoms with Crippen LogP contribution in [0.3, 0.4) is 0 Å². The van der Waals surface area contributed by atoms with E-state index < -0.39 is 12.2 Å². The summed E-state index contributed by atoms with van der Waals surface area (Å²) in [6.07, 6.45) is -3.41. The Kier molecular flexibility index (Phi) is 4.35. The molecule has 0 saturated heterocycles. The monoisotopic (exact) mass is 231 g/mol. The number of halogens is 3. The Balaban J connectivity index is 2.93. The molecule has 0 aromatic heterocycles. The summed E-state index contributed by atoms with van der Waals surface area (Å²) in [5, 5.41) is 2.45. The van der Waals surface area contributed by atoms with Crippen LogP contribution >= 0.6 is 0 Å². The van der Waals surface area contributed by atoms with Crippen molar-refractivity contribution in [2.45, 2.75) is 32.5 Å². The third kappa shape index (κ3) is 3.23.